The van der Waals surface area contributed by atoms with Crippen molar-refractivity contribution in [3.05, 3.63) is 35.0 Å². The summed E-state index contributed by atoms with van der Waals surface area (Å²) >= 11 is 0. The van der Waals surface area contributed by atoms with Crippen LogP contribution in [0.4, 0.5) is 0 Å². The number of carbonyl (C=O) groups is 2. The Labute approximate surface area is 128 Å². The lowest BCUT2D eigenvalue weighted by Gasteiger charge is -2.26. The van der Waals surface area contributed by atoms with Gasteiger partial charge in [-0.15, -0.1) is 0 Å². The number of rotatable bonds is 4. The first-order valence-electron chi connectivity index (χ1n) is 7.02. The second-order valence-electron chi connectivity index (χ2n) is 5.00. The predicted octanol–water partition coefficient (Wildman–Crippen LogP) is 1.84. The Kier molecular flexibility index (Phi) is 4.70. The van der Waals surface area contributed by atoms with Crippen molar-refractivity contribution < 1.29 is 24.2 Å². The zero-order valence-corrected chi connectivity index (χ0v) is 12.8. The first-order chi connectivity index (χ1) is 10.5. The second-order valence-corrected chi connectivity index (χ2v) is 5.00. The lowest BCUT2D eigenvalue weighted by molar-refractivity contribution is -0.139. The van der Waals surface area contributed by atoms with Gasteiger partial charge in [0, 0.05) is 18.0 Å². The molecule has 0 saturated carbocycles. The Hall–Kier alpha value is -2.50. The molecule has 1 aromatic carbocycles. The summed E-state index contributed by atoms with van der Waals surface area (Å²) in [7, 11) is 1.46. The summed E-state index contributed by atoms with van der Waals surface area (Å²) in [6, 6.07) is 4.85. The topological polar surface area (TPSA) is 84.9 Å². The number of benzene rings is 1. The third kappa shape index (κ3) is 3.05. The number of aromatic hydroxyl groups is 1. The second kappa shape index (κ2) is 6.51. The Bertz CT molecular complexity index is 635. The summed E-state index contributed by atoms with van der Waals surface area (Å²) < 4.78 is 10.1. The third-order valence-corrected chi connectivity index (χ3v) is 3.57. The zero-order valence-electron chi connectivity index (χ0n) is 12.8. The minimum absolute atomic E-state index is 0.0353. The molecule has 1 aromatic rings. The van der Waals surface area contributed by atoms with Crippen LogP contribution in [0.2, 0.25) is 0 Å². The number of hydrogen-bond acceptors (Lipinski definition) is 5. The van der Waals surface area contributed by atoms with E-state index in [0.29, 0.717) is 22.6 Å². The number of allylic oxidation sites excluding steroid dienone is 1. The van der Waals surface area contributed by atoms with E-state index in [1.54, 1.807) is 26.0 Å². The first kappa shape index (κ1) is 15.9. The van der Waals surface area contributed by atoms with E-state index < -0.39 is 11.9 Å². The van der Waals surface area contributed by atoms with Crippen LogP contribution in [0.3, 0.4) is 0 Å². The minimum Gasteiger partial charge on any atom is -0.504 e. The SMILES string of the molecule is CCOC(=O)C1=C(C)NC(=O)CC1c1ccc(OC)c(O)c1. The quantitative estimate of drug-likeness (QED) is 0.829. The largest absolute Gasteiger partial charge is 0.504 e. The van der Waals surface area contributed by atoms with E-state index in [0.717, 1.165) is 0 Å². The standard InChI is InChI=1S/C16H19NO5/c1-4-22-16(20)15-9(2)17-14(19)8-11(15)10-5-6-13(21-3)12(18)7-10/h5-7,11,18H,4,8H2,1-3H3,(H,17,19). The number of carbonyl (C=O) groups excluding carboxylic acids is 2. The molecule has 1 aliphatic heterocycles. The molecule has 1 aliphatic rings. The fourth-order valence-electron chi connectivity index (χ4n) is 2.59. The number of esters is 1. The molecule has 1 amide bonds. The Morgan fingerprint density at radius 2 is 2.18 bits per heavy atom. The van der Waals surface area contributed by atoms with Crippen molar-refractivity contribution in [1.82, 2.24) is 5.32 Å². The van der Waals surface area contributed by atoms with Gasteiger partial charge < -0.3 is 19.9 Å². The number of phenolic OH excluding ortho intramolecular Hbond substituents is 1. The Morgan fingerprint density at radius 1 is 1.45 bits per heavy atom. The van der Waals surface area contributed by atoms with Gasteiger partial charge in [0.25, 0.3) is 0 Å². The molecular formula is C16H19NO5. The van der Waals surface area contributed by atoms with E-state index in [1.165, 1.54) is 13.2 Å². The molecule has 0 spiro atoms. The van der Waals surface area contributed by atoms with E-state index in [9.17, 15) is 14.7 Å². The highest BCUT2D eigenvalue weighted by molar-refractivity contribution is 5.95. The summed E-state index contributed by atoms with van der Waals surface area (Å²) in [5, 5.41) is 12.6. The van der Waals surface area contributed by atoms with Crippen LogP contribution in [0.15, 0.2) is 29.5 Å². The van der Waals surface area contributed by atoms with Crippen LogP contribution in [-0.2, 0) is 14.3 Å². The Balaban J connectivity index is 2.45. The van der Waals surface area contributed by atoms with Crippen molar-refractivity contribution in [2.24, 2.45) is 0 Å². The molecule has 0 aromatic heterocycles. The van der Waals surface area contributed by atoms with Gasteiger partial charge in [-0.2, -0.15) is 0 Å². The molecule has 0 aliphatic carbocycles. The molecule has 6 heteroatoms. The van der Waals surface area contributed by atoms with Crippen LogP contribution in [0.25, 0.3) is 0 Å². The molecule has 22 heavy (non-hydrogen) atoms. The molecule has 0 radical (unpaired) electrons. The molecule has 118 valence electrons. The van der Waals surface area contributed by atoms with Crippen molar-refractivity contribution in [3.63, 3.8) is 0 Å². The summed E-state index contributed by atoms with van der Waals surface area (Å²) in [6.07, 6.45) is 0.122. The van der Waals surface area contributed by atoms with Gasteiger partial charge in [0.2, 0.25) is 5.91 Å². The molecule has 0 fully saturated rings. The lowest BCUT2D eigenvalue weighted by Crippen LogP contribution is -2.34. The van der Waals surface area contributed by atoms with Gasteiger partial charge >= 0.3 is 5.97 Å². The smallest absolute Gasteiger partial charge is 0.336 e. The molecule has 1 unspecified atom stereocenters. The molecule has 1 heterocycles. The van der Waals surface area contributed by atoms with E-state index in [4.69, 9.17) is 9.47 Å². The highest BCUT2D eigenvalue weighted by Gasteiger charge is 2.33. The maximum atomic E-state index is 12.2. The number of phenols is 1. The van der Waals surface area contributed by atoms with Gasteiger partial charge in [0.05, 0.1) is 19.3 Å². The number of amides is 1. The van der Waals surface area contributed by atoms with Crippen LogP contribution >= 0.6 is 0 Å². The zero-order chi connectivity index (χ0) is 16.3. The third-order valence-electron chi connectivity index (χ3n) is 3.57. The molecule has 0 saturated heterocycles. The van der Waals surface area contributed by atoms with Crippen molar-refractivity contribution in [3.8, 4) is 11.5 Å². The molecular weight excluding hydrogens is 286 g/mol. The van der Waals surface area contributed by atoms with Gasteiger partial charge in [-0.1, -0.05) is 6.07 Å². The number of methoxy groups -OCH3 is 1. The van der Waals surface area contributed by atoms with Crippen LogP contribution in [0.5, 0.6) is 11.5 Å². The highest BCUT2D eigenvalue weighted by atomic mass is 16.5. The molecule has 2 rings (SSSR count). The van der Waals surface area contributed by atoms with E-state index in [-0.39, 0.29) is 24.7 Å². The van der Waals surface area contributed by atoms with Crippen LogP contribution in [0.1, 0.15) is 31.7 Å². The van der Waals surface area contributed by atoms with Gasteiger partial charge in [-0.05, 0) is 31.5 Å². The normalized spacial score (nSPS) is 18.0. The number of nitrogens with one attached hydrogen (secondary N) is 1. The monoisotopic (exact) mass is 305 g/mol. The molecule has 0 bridgehead atoms. The molecule has 2 N–H and O–H groups in total. The fraction of sp³-hybridized carbons (Fsp3) is 0.375. The first-order valence-corrected chi connectivity index (χ1v) is 7.02. The average molecular weight is 305 g/mol. The molecule has 6 nitrogen and oxygen atoms in total. The van der Waals surface area contributed by atoms with E-state index in [1.807, 2.05) is 0 Å². The summed E-state index contributed by atoms with van der Waals surface area (Å²) in [5.41, 5.74) is 1.55. The maximum absolute atomic E-state index is 12.2. The average Bonchev–Trinajstić information content (AvgIpc) is 2.46. The van der Waals surface area contributed by atoms with E-state index in [2.05, 4.69) is 5.32 Å². The van der Waals surface area contributed by atoms with Crippen molar-refractivity contribution >= 4 is 11.9 Å². The maximum Gasteiger partial charge on any atom is 0.336 e. The van der Waals surface area contributed by atoms with Crippen molar-refractivity contribution in [2.45, 2.75) is 26.2 Å². The summed E-state index contributed by atoms with van der Waals surface area (Å²) in [5.74, 6) is -0.787. The van der Waals surface area contributed by atoms with Gasteiger partial charge in [-0.25, -0.2) is 4.79 Å². The molecule has 1 atom stereocenters. The lowest BCUT2D eigenvalue weighted by atomic mass is 9.84. The fourth-order valence-corrected chi connectivity index (χ4v) is 2.59. The summed E-state index contributed by atoms with van der Waals surface area (Å²) in [4.78, 5) is 24.0. The van der Waals surface area contributed by atoms with Crippen LogP contribution in [0, 0.1) is 0 Å². The van der Waals surface area contributed by atoms with Crippen molar-refractivity contribution in [2.75, 3.05) is 13.7 Å². The van der Waals surface area contributed by atoms with Crippen molar-refractivity contribution in [1.29, 1.82) is 0 Å². The Morgan fingerprint density at radius 3 is 2.77 bits per heavy atom. The van der Waals surface area contributed by atoms with Crippen LogP contribution < -0.4 is 10.1 Å². The van der Waals surface area contributed by atoms with E-state index >= 15 is 0 Å². The van der Waals surface area contributed by atoms with Crippen LogP contribution in [-0.4, -0.2) is 30.7 Å². The number of ether oxygens (including phenoxy) is 2. The summed E-state index contributed by atoms with van der Waals surface area (Å²) in [6.45, 7) is 3.65. The van der Waals surface area contributed by atoms with Gasteiger partial charge in [0.1, 0.15) is 0 Å². The van der Waals surface area contributed by atoms with Gasteiger partial charge in [-0.3, -0.25) is 4.79 Å². The number of hydrogen-bond donors (Lipinski definition) is 2. The highest BCUT2D eigenvalue weighted by Crippen LogP contribution is 2.37. The minimum atomic E-state index is -0.458. The predicted molar refractivity (Wildman–Crippen MR) is 79.5 cm³/mol. The van der Waals surface area contributed by atoms with Gasteiger partial charge in [0.15, 0.2) is 11.5 Å².